The van der Waals surface area contributed by atoms with Gasteiger partial charge in [0.2, 0.25) is 10.0 Å². The Labute approximate surface area is 114 Å². The Balaban J connectivity index is 2.08. The van der Waals surface area contributed by atoms with Gasteiger partial charge in [-0.25, -0.2) is 13.1 Å². The van der Waals surface area contributed by atoms with Crippen molar-refractivity contribution in [3.8, 4) is 5.75 Å². The Kier molecular flexibility index (Phi) is 4.21. The molecule has 112 valence electrons. The molecule has 0 saturated carbocycles. The molecule has 0 bridgehead atoms. The molecule has 0 radical (unpaired) electrons. The molecule has 1 heterocycles. The molecule has 1 aliphatic rings. The maximum absolute atomic E-state index is 12.0. The second kappa shape index (κ2) is 5.58. The first-order valence-electron chi connectivity index (χ1n) is 5.85. The van der Waals surface area contributed by atoms with Crippen LogP contribution in [0.1, 0.15) is 6.42 Å². The summed E-state index contributed by atoms with van der Waals surface area (Å²) in [5, 5.41) is 3.01. The maximum Gasteiger partial charge on any atom is 0.573 e. The van der Waals surface area contributed by atoms with Gasteiger partial charge < -0.3 is 10.1 Å². The van der Waals surface area contributed by atoms with E-state index in [0.29, 0.717) is 13.0 Å². The van der Waals surface area contributed by atoms with Crippen LogP contribution in [0.5, 0.6) is 5.75 Å². The molecule has 1 saturated heterocycles. The summed E-state index contributed by atoms with van der Waals surface area (Å²) in [7, 11) is -3.73. The molecule has 1 fully saturated rings. The maximum atomic E-state index is 12.0. The van der Waals surface area contributed by atoms with E-state index in [1.54, 1.807) is 0 Å². The third-order valence-corrected chi connectivity index (χ3v) is 4.29. The Hall–Kier alpha value is -1.32. The molecule has 0 spiro atoms. The van der Waals surface area contributed by atoms with Crippen LogP contribution in [0.15, 0.2) is 29.2 Å². The number of benzene rings is 1. The number of nitrogens with one attached hydrogen (secondary N) is 2. The monoisotopic (exact) mass is 310 g/mol. The topological polar surface area (TPSA) is 67.4 Å². The Morgan fingerprint density at radius 1 is 1.25 bits per heavy atom. The van der Waals surface area contributed by atoms with Crippen LogP contribution in [-0.2, 0) is 10.0 Å². The van der Waals surface area contributed by atoms with E-state index < -0.39 is 22.1 Å². The molecular weight excluding hydrogens is 297 g/mol. The van der Waals surface area contributed by atoms with E-state index in [1.165, 1.54) is 0 Å². The van der Waals surface area contributed by atoms with Gasteiger partial charge in [-0.1, -0.05) is 0 Å². The molecule has 0 aliphatic carbocycles. The van der Waals surface area contributed by atoms with E-state index in [4.69, 9.17) is 0 Å². The lowest BCUT2D eigenvalue weighted by molar-refractivity contribution is -0.274. The highest BCUT2D eigenvalue weighted by Crippen LogP contribution is 2.24. The lowest BCUT2D eigenvalue weighted by Crippen LogP contribution is -2.36. The van der Waals surface area contributed by atoms with E-state index in [1.807, 2.05) is 0 Å². The fraction of sp³-hybridized carbons (Fsp3) is 0.455. The molecule has 20 heavy (non-hydrogen) atoms. The number of halogens is 3. The Bertz CT molecular complexity index is 551. The van der Waals surface area contributed by atoms with Gasteiger partial charge in [0.05, 0.1) is 4.90 Å². The minimum Gasteiger partial charge on any atom is -0.406 e. The highest BCUT2D eigenvalue weighted by atomic mass is 32.2. The SMILES string of the molecule is O=S(=O)(N[C@@H]1CCNC1)c1ccc(OC(F)(F)F)cc1. The van der Waals surface area contributed by atoms with Crippen LogP contribution in [0.2, 0.25) is 0 Å². The highest BCUT2D eigenvalue weighted by molar-refractivity contribution is 7.89. The summed E-state index contributed by atoms with van der Waals surface area (Å²) in [6.45, 7) is 1.26. The van der Waals surface area contributed by atoms with Crippen LogP contribution in [0.25, 0.3) is 0 Å². The van der Waals surface area contributed by atoms with E-state index in [9.17, 15) is 21.6 Å². The summed E-state index contributed by atoms with van der Waals surface area (Å²) < 4.78 is 66.1. The van der Waals surface area contributed by atoms with Crippen molar-refractivity contribution in [1.29, 1.82) is 0 Å². The first kappa shape index (κ1) is 15.1. The summed E-state index contributed by atoms with van der Waals surface area (Å²) in [5.41, 5.74) is 0. The summed E-state index contributed by atoms with van der Waals surface area (Å²) in [6, 6.07) is 3.88. The molecule has 1 aliphatic heterocycles. The minimum absolute atomic E-state index is 0.0982. The van der Waals surface area contributed by atoms with Gasteiger partial charge in [-0.15, -0.1) is 13.2 Å². The number of hydrogen-bond acceptors (Lipinski definition) is 4. The number of hydrogen-bond donors (Lipinski definition) is 2. The second-order valence-electron chi connectivity index (χ2n) is 4.33. The first-order chi connectivity index (χ1) is 9.26. The molecule has 2 rings (SSSR count). The lowest BCUT2D eigenvalue weighted by atomic mass is 10.3. The number of sulfonamides is 1. The average Bonchev–Trinajstić information content (AvgIpc) is 2.79. The van der Waals surface area contributed by atoms with Gasteiger partial charge in [-0.05, 0) is 37.2 Å². The Morgan fingerprint density at radius 2 is 1.90 bits per heavy atom. The lowest BCUT2D eigenvalue weighted by Gasteiger charge is -2.13. The van der Waals surface area contributed by atoms with E-state index >= 15 is 0 Å². The molecule has 1 aromatic rings. The van der Waals surface area contributed by atoms with Crippen molar-refractivity contribution in [2.75, 3.05) is 13.1 Å². The van der Waals surface area contributed by atoms with Crippen LogP contribution in [-0.4, -0.2) is 33.9 Å². The van der Waals surface area contributed by atoms with Gasteiger partial charge >= 0.3 is 6.36 Å². The van der Waals surface area contributed by atoms with Crippen molar-refractivity contribution in [3.63, 3.8) is 0 Å². The van der Waals surface area contributed by atoms with E-state index in [0.717, 1.165) is 30.8 Å². The van der Waals surface area contributed by atoms with E-state index in [2.05, 4.69) is 14.8 Å². The fourth-order valence-electron chi connectivity index (χ4n) is 1.86. The van der Waals surface area contributed by atoms with Gasteiger partial charge in [0.25, 0.3) is 0 Å². The average molecular weight is 310 g/mol. The summed E-state index contributed by atoms with van der Waals surface area (Å²) in [4.78, 5) is -0.0982. The smallest absolute Gasteiger partial charge is 0.406 e. The number of alkyl halides is 3. The van der Waals surface area contributed by atoms with Gasteiger partial charge in [-0.3, -0.25) is 0 Å². The van der Waals surface area contributed by atoms with Crippen molar-refractivity contribution < 1.29 is 26.3 Å². The normalized spacial score (nSPS) is 20.1. The largest absolute Gasteiger partial charge is 0.573 e. The second-order valence-corrected chi connectivity index (χ2v) is 6.04. The zero-order valence-electron chi connectivity index (χ0n) is 10.3. The molecular formula is C11H13F3N2O3S. The van der Waals surface area contributed by atoms with Crippen LogP contribution < -0.4 is 14.8 Å². The zero-order valence-corrected chi connectivity index (χ0v) is 11.1. The van der Waals surface area contributed by atoms with Crippen LogP contribution in [0.4, 0.5) is 13.2 Å². The van der Waals surface area contributed by atoms with Crippen molar-refractivity contribution in [1.82, 2.24) is 10.0 Å². The quantitative estimate of drug-likeness (QED) is 0.878. The third-order valence-electron chi connectivity index (χ3n) is 2.75. The van der Waals surface area contributed by atoms with Gasteiger partial charge in [0, 0.05) is 12.6 Å². The molecule has 1 atom stereocenters. The molecule has 0 aromatic heterocycles. The van der Waals surface area contributed by atoms with E-state index in [-0.39, 0.29) is 10.9 Å². The molecule has 9 heteroatoms. The van der Waals surface area contributed by atoms with Crippen molar-refractivity contribution in [2.45, 2.75) is 23.7 Å². The summed E-state index contributed by atoms with van der Waals surface area (Å²) >= 11 is 0. The van der Waals surface area contributed by atoms with Gasteiger partial charge in [0.1, 0.15) is 5.75 Å². The molecule has 2 N–H and O–H groups in total. The Morgan fingerprint density at radius 3 is 2.40 bits per heavy atom. The molecule has 5 nitrogen and oxygen atoms in total. The third kappa shape index (κ3) is 4.09. The number of rotatable bonds is 4. The first-order valence-corrected chi connectivity index (χ1v) is 7.33. The van der Waals surface area contributed by atoms with Crippen molar-refractivity contribution in [2.24, 2.45) is 0 Å². The van der Waals surface area contributed by atoms with Crippen LogP contribution in [0.3, 0.4) is 0 Å². The summed E-state index contributed by atoms with van der Waals surface area (Å²) in [5.74, 6) is -0.459. The standard InChI is InChI=1S/C11H13F3N2O3S/c12-11(13,14)19-9-1-3-10(4-2-9)20(17,18)16-8-5-6-15-7-8/h1-4,8,15-16H,5-7H2/t8-/m1/s1. The molecule has 0 unspecified atom stereocenters. The van der Waals surface area contributed by atoms with Crippen LogP contribution >= 0.6 is 0 Å². The number of ether oxygens (including phenoxy) is 1. The highest BCUT2D eigenvalue weighted by Gasteiger charge is 2.31. The van der Waals surface area contributed by atoms with Crippen LogP contribution in [0, 0.1) is 0 Å². The van der Waals surface area contributed by atoms with Gasteiger partial charge in [0.15, 0.2) is 0 Å². The predicted molar refractivity (Wildman–Crippen MR) is 64.7 cm³/mol. The van der Waals surface area contributed by atoms with Gasteiger partial charge in [-0.2, -0.15) is 0 Å². The predicted octanol–water partition coefficient (Wildman–Crippen LogP) is 1.23. The van der Waals surface area contributed by atoms with Crippen molar-refractivity contribution in [3.05, 3.63) is 24.3 Å². The molecule has 1 aromatic carbocycles. The molecule has 0 amide bonds. The van der Waals surface area contributed by atoms with Crippen molar-refractivity contribution >= 4 is 10.0 Å². The minimum atomic E-state index is -4.80. The fourth-order valence-corrected chi connectivity index (χ4v) is 3.13. The summed E-state index contributed by atoms with van der Waals surface area (Å²) in [6.07, 6.45) is -4.12. The zero-order chi connectivity index (χ0) is 14.8.